The Balaban J connectivity index is 1.33. The van der Waals surface area contributed by atoms with Crippen LogP contribution >= 0.6 is 0 Å². The van der Waals surface area contributed by atoms with Gasteiger partial charge in [-0.1, -0.05) is 6.07 Å². The number of hydrogen-bond donors (Lipinski definition) is 3. The lowest BCUT2D eigenvalue weighted by atomic mass is 9.69. The Kier molecular flexibility index (Phi) is 4.37. The highest BCUT2D eigenvalue weighted by atomic mass is 16.2. The molecule has 1 saturated carbocycles. The minimum absolute atomic E-state index is 0.00705. The fourth-order valence-corrected chi connectivity index (χ4v) is 5.22. The zero-order valence-electron chi connectivity index (χ0n) is 18.1. The quantitative estimate of drug-likeness (QED) is 0.445. The van der Waals surface area contributed by atoms with Gasteiger partial charge in [0.05, 0.1) is 22.8 Å². The predicted molar refractivity (Wildman–Crippen MR) is 124 cm³/mol. The predicted octanol–water partition coefficient (Wildman–Crippen LogP) is 3.31. The third-order valence-corrected chi connectivity index (χ3v) is 7.20. The molecule has 33 heavy (non-hydrogen) atoms. The molecular formula is C24H24N8O. The smallest absolute Gasteiger partial charge is 0.243 e. The Morgan fingerprint density at radius 3 is 2.88 bits per heavy atom. The molecule has 4 heterocycles. The summed E-state index contributed by atoms with van der Waals surface area (Å²) in [6, 6.07) is 10.2. The van der Waals surface area contributed by atoms with Crippen molar-refractivity contribution in [3.05, 3.63) is 36.3 Å². The highest BCUT2D eigenvalue weighted by Crippen LogP contribution is 2.43. The van der Waals surface area contributed by atoms with E-state index in [-0.39, 0.29) is 11.9 Å². The average molecular weight is 441 g/mol. The minimum atomic E-state index is -0.812. The van der Waals surface area contributed by atoms with Crippen molar-refractivity contribution in [1.82, 2.24) is 30.0 Å². The van der Waals surface area contributed by atoms with Crippen molar-refractivity contribution in [2.24, 2.45) is 5.41 Å². The number of imidazole rings is 1. The normalized spacial score (nSPS) is 19.6. The SMILES string of the molecule is N#CC1(C(=O)N2CCC[C@@H]2Cc2nc3c(N)nc4cc(-c5cc[nH]n5)ccc4c3[nH]2)CCC1. The summed E-state index contributed by atoms with van der Waals surface area (Å²) in [5, 5.41) is 17.6. The molecular weight excluding hydrogens is 416 g/mol. The minimum Gasteiger partial charge on any atom is -0.382 e. The molecule has 1 aliphatic heterocycles. The second kappa shape index (κ2) is 7.30. The third-order valence-electron chi connectivity index (χ3n) is 7.20. The molecule has 1 saturated heterocycles. The lowest BCUT2D eigenvalue weighted by molar-refractivity contribution is -0.143. The molecule has 1 atom stereocenters. The number of aromatic amines is 2. The number of carbonyl (C=O) groups excluding carboxylic acids is 1. The standard InChI is InChI=1S/C24H24N8O/c25-13-24(7-2-8-24)23(33)32-10-1-3-15(32)12-19-29-20-16-5-4-14(17-6-9-27-31-17)11-18(16)28-22(26)21(20)30-19/h4-6,9,11,15H,1-3,7-8,10,12H2,(H2,26,28)(H,27,31)(H,29,30)/t15-/m1/s1. The van der Waals surface area contributed by atoms with E-state index in [9.17, 15) is 10.1 Å². The fraction of sp³-hybridized carbons (Fsp3) is 0.375. The van der Waals surface area contributed by atoms with E-state index in [4.69, 9.17) is 10.7 Å². The van der Waals surface area contributed by atoms with Crippen LogP contribution in [0.2, 0.25) is 0 Å². The van der Waals surface area contributed by atoms with Crippen LogP contribution in [0.5, 0.6) is 0 Å². The van der Waals surface area contributed by atoms with Crippen LogP contribution in [0.4, 0.5) is 5.82 Å². The number of H-pyrrole nitrogens is 2. The molecule has 0 bridgehead atoms. The fourth-order valence-electron chi connectivity index (χ4n) is 5.22. The van der Waals surface area contributed by atoms with E-state index >= 15 is 0 Å². The summed E-state index contributed by atoms with van der Waals surface area (Å²) in [6.07, 6.45) is 6.53. The Morgan fingerprint density at radius 2 is 2.15 bits per heavy atom. The number of rotatable bonds is 4. The number of anilines is 1. The van der Waals surface area contributed by atoms with Crippen molar-refractivity contribution in [2.75, 3.05) is 12.3 Å². The van der Waals surface area contributed by atoms with E-state index in [1.54, 1.807) is 6.20 Å². The number of aromatic nitrogens is 5. The summed E-state index contributed by atoms with van der Waals surface area (Å²) in [6.45, 7) is 0.704. The maximum Gasteiger partial charge on any atom is 0.243 e. The maximum absolute atomic E-state index is 13.1. The van der Waals surface area contributed by atoms with Crippen LogP contribution in [0.15, 0.2) is 30.5 Å². The molecule has 3 aromatic heterocycles. The van der Waals surface area contributed by atoms with Crippen LogP contribution in [0.25, 0.3) is 33.2 Å². The maximum atomic E-state index is 13.1. The van der Waals surface area contributed by atoms with Crippen LogP contribution in [0.1, 0.15) is 37.9 Å². The van der Waals surface area contributed by atoms with Crippen LogP contribution in [0, 0.1) is 16.7 Å². The van der Waals surface area contributed by atoms with Gasteiger partial charge in [-0.05, 0) is 50.3 Å². The molecule has 9 nitrogen and oxygen atoms in total. The Morgan fingerprint density at radius 1 is 1.27 bits per heavy atom. The number of nitrogens with one attached hydrogen (secondary N) is 2. The highest BCUT2D eigenvalue weighted by molar-refractivity contribution is 6.07. The second-order valence-corrected chi connectivity index (χ2v) is 9.14. The molecule has 2 aliphatic rings. The average Bonchev–Trinajstić information content (AvgIpc) is 3.54. The number of pyridine rings is 1. The number of nitrogen functional groups attached to an aromatic ring is 1. The summed E-state index contributed by atoms with van der Waals surface area (Å²) in [5.74, 6) is 1.15. The molecule has 6 rings (SSSR count). The number of hydrogen-bond acceptors (Lipinski definition) is 6. The van der Waals surface area contributed by atoms with Crippen molar-refractivity contribution in [1.29, 1.82) is 5.26 Å². The van der Waals surface area contributed by atoms with Crippen molar-refractivity contribution in [2.45, 2.75) is 44.6 Å². The van der Waals surface area contributed by atoms with Gasteiger partial charge in [-0.15, -0.1) is 0 Å². The number of amides is 1. The Bertz CT molecular complexity index is 1410. The van der Waals surface area contributed by atoms with Crippen LogP contribution in [-0.2, 0) is 11.2 Å². The summed E-state index contributed by atoms with van der Waals surface area (Å²) >= 11 is 0. The summed E-state index contributed by atoms with van der Waals surface area (Å²) in [4.78, 5) is 27.8. The number of nitriles is 1. The van der Waals surface area contributed by atoms with Crippen LogP contribution in [0.3, 0.4) is 0 Å². The molecule has 166 valence electrons. The summed E-state index contributed by atoms with van der Waals surface area (Å²) in [7, 11) is 0. The van der Waals surface area contributed by atoms with Gasteiger partial charge in [-0.3, -0.25) is 9.89 Å². The molecule has 0 radical (unpaired) electrons. The first-order chi connectivity index (χ1) is 16.1. The van der Waals surface area contributed by atoms with Crippen molar-refractivity contribution in [3.63, 3.8) is 0 Å². The van der Waals surface area contributed by atoms with Gasteiger partial charge in [-0.2, -0.15) is 10.4 Å². The number of benzene rings is 1. The zero-order chi connectivity index (χ0) is 22.6. The molecule has 1 amide bonds. The van der Waals surface area contributed by atoms with Gasteiger partial charge >= 0.3 is 0 Å². The Labute approximate surface area is 190 Å². The third kappa shape index (κ3) is 3.05. The summed E-state index contributed by atoms with van der Waals surface area (Å²) in [5.41, 5.74) is 9.53. The number of nitrogens with zero attached hydrogens (tertiary/aromatic N) is 5. The largest absolute Gasteiger partial charge is 0.382 e. The molecule has 2 fully saturated rings. The van der Waals surface area contributed by atoms with Crippen molar-refractivity contribution < 1.29 is 4.79 Å². The van der Waals surface area contributed by atoms with Gasteiger partial charge in [0.1, 0.15) is 16.8 Å². The van der Waals surface area contributed by atoms with Crippen molar-refractivity contribution in [3.8, 4) is 17.3 Å². The number of likely N-dealkylation sites (tertiary alicyclic amines) is 1. The topological polar surface area (TPSA) is 140 Å². The lowest BCUT2D eigenvalue weighted by Crippen LogP contribution is -2.49. The van der Waals surface area contributed by atoms with Gasteiger partial charge in [0, 0.05) is 36.2 Å². The van der Waals surface area contributed by atoms with E-state index in [0.29, 0.717) is 37.1 Å². The number of carbonyl (C=O) groups is 1. The van der Waals surface area contributed by atoms with E-state index in [2.05, 4.69) is 26.2 Å². The van der Waals surface area contributed by atoms with Gasteiger partial charge in [0.2, 0.25) is 5.91 Å². The van der Waals surface area contributed by atoms with Gasteiger partial charge in [-0.25, -0.2) is 9.97 Å². The van der Waals surface area contributed by atoms with E-state index in [1.807, 2.05) is 29.2 Å². The van der Waals surface area contributed by atoms with Gasteiger partial charge < -0.3 is 15.6 Å². The molecule has 0 spiro atoms. The molecule has 1 aromatic carbocycles. The molecule has 4 N–H and O–H groups in total. The van der Waals surface area contributed by atoms with Gasteiger partial charge in [0.25, 0.3) is 0 Å². The molecule has 1 aliphatic carbocycles. The second-order valence-electron chi connectivity index (χ2n) is 9.14. The first-order valence-electron chi connectivity index (χ1n) is 11.4. The first-order valence-corrected chi connectivity index (χ1v) is 11.4. The highest BCUT2D eigenvalue weighted by Gasteiger charge is 2.49. The summed E-state index contributed by atoms with van der Waals surface area (Å²) < 4.78 is 0. The molecule has 4 aromatic rings. The van der Waals surface area contributed by atoms with Crippen LogP contribution in [-0.4, -0.2) is 48.5 Å². The van der Waals surface area contributed by atoms with E-state index < -0.39 is 5.41 Å². The Hall–Kier alpha value is -3.93. The number of nitrogens with two attached hydrogens (primary N) is 1. The first kappa shape index (κ1) is 19.7. The van der Waals surface area contributed by atoms with E-state index in [0.717, 1.165) is 52.8 Å². The zero-order valence-corrected chi connectivity index (χ0v) is 18.1. The lowest BCUT2D eigenvalue weighted by Gasteiger charge is -2.38. The number of fused-ring (bicyclic) bond motifs is 3. The van der Waals surface area contributed by atoms with Crippen molar-refractivity contribution >= 4 is 33.7 Å². The molecule has 0 unspecified atom stereocenters. The van der Waals surface area contributed by atoms with E-state index in [1.165, 1.54) is 0 Å². The van der Waals surface area contributed by atoms with Crippen LogP contribution < -0.4 is 5.73 Å². The monoisotopic (exact) mass is 440 g/mol. The molecule has 9 heteroatoms. The van der Waals surface area contributed by atoms with Gasteiger partial charge in [0.15, 0.2) is 5.82 Å².